The van der Waals surface area contributed by atoms with Crippen LogP contribution in [0.5, 0.6) is 17.2 Å². The zero-order chi connectivity index (χ0) is 23.6. The average Bonchev–Trinajstić information content (AvgIpc) is 3.30. The highest BCUT2D eigenvalue weighted by molar-refractivity contribution is 5.96. The summed E-state index contributed by atoms with van der Waals surface area (Å²) in [6.45, 7) is 7.66. The quantitative estimate of drug-likeness (QED) is 0.366. The highest BCUT2D eigenvalue weighted by Gasteiger charge is 2.15. The maximum atomic E-state index is 12.7. The first-order chi connectivity index (χ1) is 16.0. The van der Waals surface area contributed by atoms with Gasteiger partial charge in [0.2, 0.25) is 5.89 Å². The molecule has 0 aliphatic rings. The Morgan fingerprint density at radius 1 is 1.09 bits per heavy atom. The Morgan fingerprint density at radius 2 is 1.91 bits per heavy atom. The summed E-state index contributed by atoms with van der Waals surface area (Å²) in [5.74, 6) is 2.48. The number of carbonyl (C=O) groups excluding carboxylic acids is 1. The minimum atomic E-state index is -0.222. The van der Waals surface area contributed by atoms with E-state index >= 15 is 0 Å². The van der Waals surface area contributed by atoms with Crippen LogP contribution >= 0.6 is 0 Å². The molecule has 0 aliphatic carbocycles. The van der Waals surface area contributed by atoms with E-state index in [2.05, 4.69) is 31.1 Å². The summed E-state index contributed by atoms with van der Waals surface area (Å²) in [7, 11) is 1.61. The highest BCUT2D eigenvalue weighted by atomic mass is 16.5. The lowest BCUT2D eigenvalue weighted by Gasteiger charge is -2.13. The Morgan fingerprint density at radius 3 is 2.67 bits per heavy atom. The molecule has 1 N–H and O–H groups in total. The second kappa shape index (κ2) is 11.9. The van der Waals surface area contributed by atoms with Crippen LogP contribution < -0.4 is 19.5 Å². The van der Waals surface area contributed by atoms with Crippen LogP contribution in [-0.4, -0.2) is 31.2 Å². The lowest BCUT2D eigenvalue weighted by atomic mass is 10.2. The summed E-state index contributed by atoms with van der Waals surface area (Å²) in [6.07, 6.45) is 3.51. The van der Waals surface area contributed by atoms with Crippen molar-refractivity contribution in [2.24, 2.45) is 5.92 Å². The Bertz CT molecular complexity index is 1040. The third-order valence-electron chi connectivity index (χ3n) is 4.85. The molecule has 0 unspecified atom stereocenters. The predicted octanol–water partition coefficient (Wildman–Crippen LogP) is 5.49. The molecule has 0 atom stereocenters. The minimum Gasteiger partial charge on any atom is -0.493 e. The zero-order valence-electron chi connectivity index (χ0n) is 19.7. The molecule has 0 saturated heterocycles. The van der Waals surface area contributed by atoms with Crippen molar-refractivity contribution in [3.8, 4) is 28.7 Å². The van der Waals surface area contributed by atoms with E-state index < -0.39 is 0 Å². The van der Waals surface area contributed by atoms with Crippen LogP contribution in [0, 0.1) is 5.92 Å². The van der Waals surface area contributed by atoms with Gasteiger partial charge in [-0.25, -0.2) is 4.98 Å². The summed E-state index contributed by atoms with van der Waals surface area (Å²) < 4.78 is 22.7. The summed E-state index contributed by atoms with van der Waals surface area (Å²) in [5.41, 5.74) is 1.88. The van der Waals surface area contributed by atoms with Crippen LogP contribution in [0.1, 0.15) is 49.7 Å². The van der Waals surface area contributed by atoms with Crippen molar-refractivity contribution in [2.75, 3.05) is 20.3 Å². The van der Waals surface area contributed by atoms with Gasteiger partial charge < -0.3 is 23.9 Å². The molecule has 7 nitrogen and oxygen atoms in total. The second-order valence-electron chi connectivity index (χ2n) is 8.10. The van der Waals surface area contributed by atoms with Gasteiger partial charge in [0.1, 0.15) is 12.0 Å². The van der Waals surface area contributed by atoms with Gasteiger partial charge in [0, 0.05) is 5.56 Å². The molecule has 0 fully saturated rings. The van der Waals surface area contributed by atoms with Crippen molar-refractivity contribution in [1.29, 1.82) is 0 Å². The zero-order valence-corrected chi connectivity index (χ0v) is 19.7. The molecule has 0 radical (unpaired) electrons. The summed E-state index contributed by atoms with van der Waals surface area (Å²) in [5, 5.41) is 2.89. The Labute approximate surface area is 195 Å². The van der Waals surface area contributed by atoms with Crippen LogP contribution in [0.25, 0.3) is 11.5 Å². The number of rotatable bonds is 12. The van der Waals surface area contributed by atoms with Gasteiger partial charge in [-0.15, -0.1) is 0 Å². The van der Waals surface area contributed by atoms with Gasteiger partial charge in [0.25, 0.3) is 5.91 Å². The van der Waals surface area contributed by atoms with Gasteiger partial charge in [-0.2, -0.15) is 0 Å². The van der Waals surface area contributed by atoms with Crippen LogP contribution in [0.2, 0.25) is 0 Å². The molecule has 7 heteroatoms. The largest absolute Gasteiger partial charge is 0.493 e. The molecule has 1 aromatic heterocycles. The number of amides is 1. The lowest BCUT2D eigenvalue weighted by Crippen LogP contribution is -2.23. The molecule has 0 aliphatic heterocycles. The lowest BCUT2D eigenvalue weighted by molar-refractivity contribution is 0.0946. The summed E-state index contributed by atoms with van der Waals surface area (Å²) >= 11 is 0. The molecule has 1 amide bonds. The first-order valence-corrected chi connectivity index (χ1v) is 11.3. The average molecular weight is 453 g/mol. The van der Waals surface area contributed by atoms with E-state index in [9.17, 15) is 4.79 Å². The maximum Gasteiger partial charge on any atom is 0.255 e. The van der Waals surface area contributed by atoms with Crippen LogP contribution in [-0.2, 0) is 6.54 Å². The van der Waals surface area contributed by atoms with Crippen molar-refractivity contribution in [1.82, 2.24) is 10.3 Å². The Balaban J connectivity index is 1.66. The van der Waals surface area contributed by atoms with E-state index in [0.717, 1.165) is 18.4 Å². The molecule has 0 spiro atoms. The van der Waals surface area contributed by atoms with Gasteiger partial charge >= 0.3 is 0 Å². The van der Waals surface area contributed by atoms with Crippen LogP contribution in [0.3, 0.4) is 0 Å². The Hall–Kier alpha value is -3.48. The number of nitrogens with one attached hydrogen (secondary N) is 1. The van der Waals surface area contributed by atoms with E-state index in [1.807, 2.05) is 30.3 Å². The number of nitrogens with zero attached hydrogens (tertiary/aromatic N) is 1. The number of methoxy groups -OCH3 is 1. The molecule has 3 rings (SSSR count). The van der Waals surface area contributed by atoms with Crippen LogP contribution in [0.15, 0.2) is 53.1 Å². The number of aromatic nitrogens is 1. The van der Waals surface area contributed by atoms with Crippen molar-refractivity contribution in [3.63, 3.8) is 0 Å². The van der Waals surface area contributed by atoms with E-state index in [1.54, 1.807) is 19.2 Å². The molecule has 0 bridgehead atoms. The van der Waals surface area contributed by atoms with Gasteiger partial charge in [0.15, 0.2) is 11.5 Å². The predicted molar refractivity (Wildman–Crippen MR) is 127 cm³/mol. The number of hydrogen-bond donors (Lipinski definition) is 1. The fourth-order valence-electron chi connectivity index (χ4n) is 3.07. The van der Waals surface area contributed by atoms with Crippen molar-refractivity contribution in [3.05, 3.63) is 60.0 Å². The smallest absolute Gasteiger partial charge is 0.255 e. The Kier molecular flexibility index (Phi) is 8.75. The van der Waals surface area contributed by atoms with Gasteiger partial charge in [0.05, 0.1) is 38.1 Å². The minimum absolute atomic E-state index is 0.222. The molecule has 3 aromatic rings. The number of hydrogen-bond acceptors (Lipinski definition) is 6. The molecule has 2 aromatic carbocycles. The molecular formula is C26H32N2O5. The third kappa shape index (κ3) is 6.75. The van der Waals surface area contributed by atoms with Gasteiger partial charge in [-0.3, -0.25) is 4.79 Å². The summed E-state index contributed by atoms with van der Waals surface area (Å²) in [4.78, 5) is 17.2. The van der Waals surface area contributed by atoms with Crippen molar-refractivity contribution in [2.45, 2.75) is 40.2 Å². The van der Waals surface area contributed by atoms with E-state index in [0.29, 0.717) is 53.5 Å². The number of ether oxygens (including phenoxy) is 3. The van der Waals surface area contributed by atoms with Crippen molar-refractivity contribution >= 4 is 5.91 Å². The van der Waals surface area contributed by atoms with E-state index in [-0.39, 0.29) is 12.5 Å². The highest BCUT2D eigenvalue weighted by Crippen LogP contribution is 2.32. The number of benzene rings is 2. The topological polar surface area (TPSA) is 82.8 Å². The first kappa shape index (κ1) is 24.2. The number of para-hydroxylation sites is 1. The summed E-state index contributed by atoms with van der Waals surface area (Å²) in [6, 6.07) is 12.8. The molecular weight excluding hydrogens is 420 g/mol. The van der Waals surface area contributed by atoms with Gasteiger partial charge in [-0.1, -0.05) is 39.3 Å². The van der Waals surface area contributed by atoms with E-state index in [4.69, 9.17) is 18.6 Å². The fraction of sp³-hybridized carbons (Fsp3) is 0.385. The first-order valence-electron chi connectivity index (χ1n) is 11.3. The molecule has 176 valence electrons. The van der Waals surface area contributed by atoms with E-state index in [1.165, 1.54) is 6.26 Å². The third-order valence-corrected chi connectivity index (χ3v) is 4.85. The normalized spacial score (nSPS) is 10.8. The van der Waals surface area contributed by atoms with Crippen LogP contribution in [0.4, 0.5) is 0 Å². The van der Waals surface area contributed by atoms with Crippen molar-refractivity contribution < 1.29 is 23.4 Å². The molecule has 0 saturated carbocycles. The second-order valence-corrected chi connectivity index (χ2v) is 8.10. The maximum absolute atomic E-state index is 12.7. The standard InChI is InChI=1S/C26H32N2O5/c1-5-6-13-31-22-10-8-7-9-21(22)25(29)27-15-20-17-33-26(28-20)19-11-12-23(30-4)24(14-19)32-16-18(2)3/h7-12,14,17-18H,5-6,13,15-16H2,1-4H3,(H,27,29). The fourth-order valence-corrected chi connectivity index (χ4v) is 3.07. The van der Waals surface area contributed by atoms with Gasteiger partial charge in [-0.05, 0) is 42.7 Å². The number of oxazole rings is 1. The number of carbonyl (C=O) groups is 1. The SMILES string of the molecule is CCCCOc1ccccc1C(=O)NCc1coc(-c2ccc(OC)c(OCC(C)C)c2)n1. The monoisotopic (exact) mass is 452 g/mol. The molecule has 1 heterocycles. The number of unbranched alkanes of at least 4 members (excludes halogenated alkanes) is 1. The molecule has 33 heavy (non-hydrogen) atoms.